The van der Waals surface area contributed by atoms with Gasteiger partial charge in [-0.15, -0.1) is 11.3 Å². The Labute approximate surface area is 355 Å². The van der Waals surface area contributed by atoms with Crippen molar-refractivity contribution in [1.29, 1.82) is 0 Å². The molecule has 4 fully saturated rings. The van der Waals surface area contributed by atoms with E-state index in [-0.39, 0.29) is 42.8 Å². The molecule has 13 nitrogen and oxygen atoms in total. The van der Waals surface area contributed by atoms with Crippen molar-refractivity contribution in [2.24, 2.45) is 5.92 Å². The Morgan fingerprint density at radius 2 is 1.92 bits per heavy atom. The zero-order valence-electron chi connectivity index (χ0n) is 34.8. The van der Waals surface area contributed by atoms with Crippen LogP contribution in [0.15, 0.2) is 35.7 Å². The first-order valence-corrected chi connectivity index (χ1v) is 23.2. The van der Waals surface area contributed by atoms with Crippen molar-refractivity contribution in [3.8, 4) is 22.2 Å². The summed E-state index contributed by atoms with van der Waals surface area (Å²) in [6.45, 7) is 8.39. The van der Waals surface area contributed by atoms with E-state index in [1.807, 2.05) is 45.9 Å². The summed E-state index contributed by atoms with van der Waals surface area (Å²) in [5.41, 5.74) is 2.25. The number of fused-ring (bicyclic) bond motifs is 3. The monoisotopic (exact) mass is 843 g/mol. The van der Waals surface area contributed by atoms with Crippen LogP contribution in [0.5, 0.6) is 11.5 Å². The minimum Gasteiger partial charge on any atom is -0.496 e. The normalized spacial score (nSPS) is 26.0. The lowest BCUT2D eigenvalue weighted by molar-refractivity contribution is -0.141. The van der Waals surface area contributed by atoms with Crippen molar-refractivity contribution in [2.75, 3.05) is 20.2 Å². The van der Waals surface area contributed by atoms with Gasteiger partial charge in [-0.05, 0) is 103 Å². The summed E-state index contributed by atoms with van der Waals surface area (Å²) in [4.78, 5) is 70.3. The maximum Gasteiger partial charge on any atom is 0.318 e. The molecule has 3 N–H and O–H groups in total. The first-order chi connectivity index (χ1) is 28.5. The fourth-order valence-electron chi connectivity index (χ4n) is 8.51. The van der Waals surface area contributed by atoms with Gasteiger partial charge in [-0.25, -0.2) is 14.8 Å². The molecule has 316 valence electrons. The van der Waals surface area contributed by atoms with Crippen LogP contribution in [-0.4, -0.2) is 98.7 Å². The number of hydrogen-bond acceptors (Lipinski definition) is 10. The van der Waals surface area contributed by atoms with Crippen LogP contribution in [0.2, 0.25) is 0 Å². The molecule has 3 aliphatic carbocycles. The second kappa shape index (κ2) is 17.3. The van der Waals surface area contributed by atoms with Gasteiger partial charge in [-0.1, -0.05) is 25.0 Å². The van der Waals surface area contributed by atoms with Crippen molar-refractivity contribution in [2.45, 2.75) is 139 Å². The summed E-state index contributed by atoms with van der Waals surface area (Å²) in [5, 5.41) is 10.3. The average Bonchev–Trinajstić information content (AvgIpc) is 4.19. The highest BCUT2D eigenvalue weighted by Gasteiger charge is 2.61. The first kappa shape index (κ1) is 41.4. The van der Waals surface area contributed by atoms with Crippen molar-refractivity contribution in [1.82, 2.24) is 35.1 Å². The van der Waals surface area contributed by atoms with Crippen LogP contribution in [0, 0.1) is 12.8 Å². The number of methoxy groups -OCH3 is 1. The molecule has 15 heteroatoms. The molecule has 59 heavy (non-hydrogen) atoms. The van der Waals surface area contributed by atoms with Crippen molar-refractivity contribution >= 4 is 57.9 Å². The SMILES string of the molecule is CCN(C(=O)NC1CCCCCC=CC2CC2(C(=O)NSC2CC2)NC(=O)C2CC(Oc3cc(-c4nc(C5CC5)cs4)nc4c(C)c(OC)ccc34)CN2C1=O)C(C)C. The Morgan fingerprint density at radius 3 is 2.64 bits per heavy atom. The van der Waals surface area contributed by atoms with Gasteiger partial charge in [0, 0.05) is 58.5 Å². The lowest BCUT2D eigenvalue weighted by Gasteiger charge is -2.32. The minimum absolute atomic E-state index is 0.0625. The van der Waals surface area contributed by atoms with Gasteiger partial charge in [0.2, 0.25) is 11.8 Å². The number of urea groups is 1. The third-order valence-electron chi connectivity index (χ3n) is 12.4. The molecule has 2 aromatic heterocycles. The van der Waals surface area contributed by atoms with Gasteiger partial charge in [0.25, 0.3) is 5.91 Å². The highest BCUT2D eigenvalue weighted by Crippen LogP contribution is 2.47. The standard InChI is InChI=1S/C44H57N7O6S2/c1-6-50(25(2)3)43(55)47-32-13-11-9-7-8-10-12-28-22-44(28,42(54)49-59-30-16-17-30)48-39(52)35-20-29(23-51(35)41(32)53)57-37-21-33(40-46-34(24-58-40)27-14-15-27)45-38-26(4)36(56-5)19-18-31(37)38/h10,12,18-19,21,24-25,27-30,32,35H,6-9,11,13-17,20,22-23H2,1-5H3,(H,47,55)(H,48,52)(H,49,54). The van der Waals surface area contributed by atoms with Crippen LogP contribution in [0.4, 0.5) is 4.79 Å². The molecule has 5 atom stereocenters. The highest BCUT2D eigenvalue weighted by atomic mass is 32.2. The van der Waals surface area contributed by atoms with E-state index in [2.05, 4.69) is 32.9 Å². The third-order valence-corrected chi connectivity index (χ3v) is 14.4. The number of aromatic nitrogens is 2. The summed E-state index contributed by atoms with van der Waals surface area (Å²) in [7, 11) is 1.64. The van der Waals surface area contributed by atoms with Gasteiger partial charge < -0.3 is 29.9 Å². The van der Waals surface area contributed by atoms with Crippen LogP contribution < -0.4 is 24.8 Å². The van der Waals surface area contributed by atoms with E-state index < -0.39 is 29.6 Å². The van der Waals surface area contributed by atoms with E-state index in [1.54, 1.807) is 28.2 Å². The zero-order chi connectivity index (χ0) is 41.4. The topological polar surface area (TPSA) is 155 Å². The lowest BCUT2D eigenvalue weighted by atomic mass is 10.0. The molecule has 1 saturated heterocycles. The number of nitrogens with one attached hydrogen (secondary N) is 3. The molecule has 1 aromatic carbocycles. The average molecular weight is 844 g/mol. The van der Waals surface area contributed by atoms with Crippen molar-refractivity contribution in [3.63, 3.8) is 0 Å². The number of nitrogens with zero attached hydrogens (tertiary/aromatic N) is 4. The van der Waals surface area contributed by atoms with E-state index in [9.17, 15) is 19.2 Å². The van der Waals surface area contributed by atoms with Crippen LogP contribution in [0.3, 0.4) is 0 Å². The van der Waals surface area contributed by atoms with Crippen LogP contribution >= 0.6 is 23.3 Å². The maximum absolute atomic E-state index is 14.9. The fourth-order valence-corrected chi connectivity index (χ4v) is 10.2. The van der Waals surface area contributed by atoms with Crippen LogP contribution in [0.1, 0.15) is 109 Å². The molecular weight excluding hydrogens is 787 g/mol. The highest BCUT2D eigenvalue weighted by molar-refractivity contribution is 7.98. The van der Waals surface area contributed by atoms with Crippen molar-refractivity contribution < 1.29 is 28.7 Å². The molecule has 3 aromatic rings. The molecule has 4 heterocycles. The quantitative estimate of drug-likeness (QED) is 0.136. The molecule has 0 bridgehead atoms. The number of hydrogen-bond donors (Lipinski definition) is 3. The molecule has 3 saturated carbocycles. The lowest BCUT2D eigenvalue weighted by Crippen LogP contribution is -2.58. The Bertz CT molecular complexity index is 2120. The van der Waals surface area contributed by atoms with Gasteiger partial charge >= 0.3 is 6.03 Å². The summed E-state index contributed by atoms with van der Waals surface area (Å²) in [6.07, 6.45) is 12.5. The largest absolute Gasteiger partial charge is 0.496 e. The zero-order valence-corrected chi connectivity index (χ0v) is 36.4. The Kier molecular flexibility index (Phi) is 12.1. The molecular formula is C44H57N7O6S2. The van der Waals surface area contributed by atoms with Crippen LogP contribution in [0.25, 0.3) is 21.6 Å². The van der Waals surface area contributed by atoms with Gasteiger partial charge in [-0.3, -0.25) is 19.1 Å². The molecule has 8 rings (SSSR count). The predicted octanol–water partition coefficient (Wildman–Crippen LogP) is 7.03. The molecule has 5 unspecified atom stereocenters. The minimum atomic E-state index is -1.10. The summed E-state index contributed by atoms with van der Waals surface area (Å²) in [5.74, 6) is 0.681. The summed E-state index contributed by atoms with van der Waals surface area (Å²) < 4.78 is 15.6. The van der Waals surface area contributed by atoms with E-state index in [0.717, 1.165) is 78.5 Å². The number of ether oxygens (including phenoxy) is 2. The number of thiazole rings is 1. The third kappa shape index (κ3) is 8.92. The van der Waals surface area contributed by atoms with Gasteiger partial charge in [-0.2, -0.15) is 0 Å². The molecule has 5 aliphatic rings. The molecule has 2 aliphatic heterocycles. The molecule has 0 spiro atoms. The van der Waals surface area contributed by atoms with E-state index >= 15 is 0 Å². The smallest absolute Gasteiger partial charge is 0.318 e. The number of benzene rings is 1. The number of carbonyl (C=O) groups is 4. The fraction of sp³-hybridized carbons (Fsp3) is 0.591. The Hall–Kier alpha value is -4.37. The number of carbonyl (C=O) groups excluding carboxylic acids is 4. The second-order valence-corrected chi connectivity index (χ2v) is 19.1. The Balaban J connectivity index is 1.13. The predicted molar refractivity (Wildman–Crippen MR) is 230 cm³/mol. The number of amides is 5. The Morgan fingerprint density at radius 1 is 1.10 bits per heavy atom. The maximum atomic E-state index is 14.9. The van der Waals surface area contributed by atoms with Crippen LogP contribution in [-0.2, 0) is 14.4 Å². The van der Waals surface area contributed by atoms with Crippen molar-refractivity contribution in [3.05, 3.63) is 47.0 Å². The van der Waals surface area contributed by atoms with E-state index in [1.165, 1.54) is 11.9 Å². The van der Waals surface area contributed by atoms with Gasteiger partial charge in [0.05, 0.1) is 24.9 Å². The summed E-state index contributed by atoms with van der Waals surface area (Å²) in [6, 6.07) is 3.57. The number of pyridine rings is 1. The first-order valence-electron chi connectivity index (χ1n) is 21.4. The van der Waals surface area contributed by atoms with Gasteiger partial charge in [0.15, 0.2) is 0 Å². The van der Waals surface area contributed by atoms with E-state index in [0.29, 0.717) is 47.7 Å². The number of aryl methyl sites for hydroxylation is 1. The van der Waals surface area contributed by atoms with E-state index in [4.69, 9.17) is 19.4 Å². The molecule has 0 radical (unpaired) electrons. The second-order valence-electron chi connectivity index (χ2n) is 17.1. The van der Waals surface area contributed by atoms with Gasteiger partial charge in [0.1, 0.15) is 45.9 Å². The summed E-state index contributed by atoms with van der Waals surface area (Å²) >= 11 is 2.99. The molecule has 5 amide bonds. The number of allylic oxidation sites excluding steroid dienone is 1. The number of rotatable bonds is 11.